The van der Waals surface area contributed by atoms with Crippen LogP contribution in [0.15, 0.2) is 78.9 Å². The topological polar surface area (TPSA) is 89.5 Å². The van der Waals surface area contributed by atoms with E-state index in [0.29, 0.717) is 6.08 Å². The van der Waals surface area contributed by atoms with Crippen LogP contribution in [0.1, 0.15) is 43.0 Å². The number of alkyl halides is 11. The predicted octanol–water partition coefficient (Wildman–Crippen LogP) is 10.9. The van der Waals surface area contributed by atoms with Gasteiger partial charge >= 0.3 is 24.7 Å². The maximum atomic E-state index is 14.3. The number of halogens is 11. The maximum Gasteiger partial charge on any atom is 0.573 e. The van der Waals surface area contributed by atoms with Crippen LogP contribution in [-0.4, -0.2) is 43.7 Å². The van der Waals surface area contributed by atoms with E-state index in [1.165, 1.54) is 36.4 Å². The third kappa shape index (κ3) is 9.26. The SMILES string of the molecule is COC(=O)c1c(Oc2ccc(OC(F)(F)F)cc2)ccc2c1C=CC2(F)F.COC(=O)c1c(Oc2ccc(OC(F)(F)F)cc2)ccc2c1CC(Br)C2(F)F. The van der Waals surface area contributed by atoms with Crippen LogP contribution in [0.5, 0.6) is 34.5 Å². The molecule has 2 aliphatic carbocycles. The molecule has 0 radical (unpaired) electrons. The molecular weight excluding hydrogens is 830 g/mol. The van der Waals surface area contributed by atoms with E-state index in [1.807, 2.05) is 0 Å². The van der Waals surface area contributed by atoms with Crippen molar-refractivity contribution in [3.63, 3.8) is 0 Å². The molecule has 19 heteroatoms. The van der Waals surface area contributed by atoms with Crippen molar-refractivity contribution < 1.29 is 81.9 Å². The monoisotopic (exact) mass is 852 g/mol. The zero-order chi connectivity index (χ0) is 40.5. The Morgan fingerprint density at radius 2 is 1.05 bits per heavy atom. The van der Waals surface area contributed by atoms with E-state index in [9.17, 15) is 53.5 Å². The fourth-order valence-electron chi connectivity index (χ4n) is 5.45. The molecule has 0 amide bonds. The van der Waals surface area contributed by atoms with Gasteiger partial charge in [0.15, 0.2) is 0 Å². The normalized spacial score (nSPS) is 16.2. The molecule has 0 saturated heterocycles. The molecule has 292 valence electrons. The van der Waals surface area contributed by atoms with Gasteiger partial charge < -0.3 is 28.4 Å². The molecule has 8 nitrogen and oxygen atoms in total. The molecule has 0 aliphatic heterocycles. The van der Waals surface area contributed by atoms with Crippen LogP contribution < -0.4 is 18.9 Å². The van der Waals surface area contributed by atoms with Crippen LogP contribution >= 0.6 is 15.9 Å². The zero-order valence-corrected chi connectivity index (χ0v) is 29.4. The van der Waals surface area contributed by atoms with E-state index in [0.717, 1.165) is 56.7 Å². The summed E-state index contributed by atoms with van der Waals surface area (Å²) in [7, 11) is 2.19. The molecule has 4 aromatic carbocycles. The molecule has 0 N–H and O–H groups in total. The first kappa shape index (κ1) is 40.7. The van der Waals surface area contributed by atoms with Crippen molar-refractivity contribution in [2.45, 2.75) is 35.8 Å². The number of allylic oxidation sites excluding steroid dienone is 1. The molecule has 0 aromatic heterocycles. The van der Waals surface area contributed by atoms with E-state index < -0.39 is 52.8 Å². The second-order valence-electron chi connectivity index (χ2n) is 11.3. The van der Waals surface area contributed by atoms with Crippen molar-refractivity contribution in [1.29, 1.82) is 0 Å². The lowest BCUT2D eigenvalue weighted by Gasteiger charge is -2.16. The van der Waals surface area contributed by atoms with Gasteiger partial charge in [-0.2, -0.15) is 8.78 Å². The van der Waals surface area contributed by atoms with Crippen LogP contribution in [0.3, 0.4) is 0 Å². The first-order chi connectivity index (χ1) is 25.6. The number of benzene rings is 4. The largest absolute Gasteiger partial charge is 0.573 e. The molecule has 0 fully saturated rings. The second kappa shape index (κ2) is 15.3. The molecule has 0 spiro atoms. The number of carbonyl (C=O) groups excluding carboxylic acids is 2. The third-order valence-corrected chi connectivity index (χ3v) is 8.68. The number of ether oxygens (including phenoxy) is 6. The summed E-state index contributed by atoms with van der Waals surface area (Å²) in [6.45, 7) is 0. The molecular formula is C36H23BrF10O8. The van der Waals surface area contributed by atoms with Crippen LogP contribution in [-0.2, 0) is 27.7 Å². The summed E-state index contributed by atoms with van der Waals surface area (Å²) in [5, 5.41) is 0. The Labute approximate surface area is 312 Å². The van der Waals surface area contributed by atoms with Crippen LogP contribution in [0, 0.1) is 0 Å². The van der Waals surface area contributed by atoms with Gasteiger partial charge in [0, 0.05) is 16.7 Å². The minimum atomic E-state index is -4.84. The van der Waals surface area contributed by atoms with Gasteiger partial charge in [-0.3, -0.25) is 0 Å². The highest BCUT2D eigenvalue weighted by molar-refractivity contribution is 9.09. The van der Waals surface area contributed by atoms with E-state index in [1.54, 1.807) is 0 Å². The Hall–Kier alpha value is -5.46. The van der Waals surface area contributed by atoms with Gasteiger partial charge in [-0.1, -0.05) is 22.0 Å². The number of rotatable bonds is 8. The summed E-state index contributed by atoms with van der Waals surface area (Å²) >= 11 is 2.92. The average Bonchev–Trinajstić information content (AvgIpc) is 3.54. The Bertz CT molecular complexity index is 2100. The van der Waals surface area contributed by atoms with E-state index in [2.05, 4.69) is 30.1 Å². The van der Waals surface area contributed by atoms with E-state index in [4.69, 9.17) is 14.2 Å². The van der Waals surface area contributed by atoms with Crippen LogP contribution in [0.4, 0.5) is 43.9 Å². The standard InChI is InChI=1S/C18H12BrF5O4.C18H11F5O4/c1-26-16(25)15-11-8-14(19)17(20,21)12(11)6-7-13(15)27-9-2-4-10(5-3-9)28-18(22,23)24;1-25-16(24)15-12-8-9-17(19,20)13(12)6-7-14(15)26-10-2-4-11(5-3-10)27-18(21,22)23/h2-7,14H,8H2,1H3;2-9H,1H3. The maximum absolute atomic E-state index is 14.3. The second-order valence-corrected chi connectivity index (χ2v) is 12.4. The van der Waals surface area contributed by atoms with Crippen molar-refractivity contribution >= 4 is 33.9 Å². The van der Waals surface area contributed by atoms with Gasteiger partial charge in [0.1, 0.15) is 45.6 Å². The molecule has 1 atom stereocenters. The lowest BCUT2D eigenvalue weighted by Crippen LogP contribution is -2.20. The van der Waals surface area contributed by atoms with Crippen molar-refractivity contribution in [1.82, 2.24) is 0 Å². The molecule has 6 rings (SSSR count). The van der Waals surface area contributed by atoms with Crippen molar-refractivity contribution in [2.24, 2.45) is 0 Å². The highest BCUT2D eigenvalue weighted by atomic mass is 79.9. The summed E-state index contributed by atoms with van der Waals surface area (Å²) in [6.07, 6.45) is -8.05. The highest BCUT2D eigenvalue weighted by Crippen LogP contribution is 2.49. The summed E-state index contributed by atoms with van der Waals surface area (Å²) in [4.78, 5) is 23.1. The number of carbonyl (C=O) groups is 2. The van der Waals surface area contributed by atoms with Crippen molar-refractivity contribution in [3.8, 4) is 34.5 Å². The Kier molecular flexibility index (Phi) is 11.4. The average molecular weight is 853 g/mol. The number of esters is 2. The smallest absolute Gasteiger partial charge is 0.465 e. The molecule has 0 bridgehead atoms. The Morgan fingerprint density at radius 1 is 0.636 bits per heavy atom. The van der Waals surface area contributed by atoms with Gasteiger partial charge in [-0.15, -0.1) is 26.3 Å². The van der Waals surface area contributed by atoms with Gasteiger partial charge in [0.05, 0.1) is 19.0 Å². The quantitative estimate of drug-likeness (QED) is 0.0984. The first-order valence-corrected chi connectivity index (χ1v) is 16.2. The highest BCUT2D eigenvalue weighted by Gasteiger charge is 2.49. The third-order valence-electron chi connectivity index (χ3n) is 7.79. The fraction of sp³-hybridized carbons (Fsp3) is 0.222. The number of hydrogen-bond acceptors (Lipinski definition) is 8. The minimum Gasteiger partial charge on any atom is -0.465 e. The van der Waals surface area contributed by atoms with Gasteiger partial charge in [-0.05, 0) is 90.9 Å². The molecule has 1 unspecified atom stereocenters. The predicted molar refractivity (Wildman–Crippen MR) is 175 cm³/mol. The summed E-state index contributed by atoms with van der Waals surface area (Å²) < 4.78 is 157. The van der Waals surface area contributed by atoms with Crippen molar-refractivity contribution in [2.75, 3.05) is 14.2 Å². The Morgan fingerprint density at radius 3 is 1.51 bits per heavy atom. The lowest BCUT2D eigenvalue weighted by atomic mass is 10.0. The number of fused-ring (bicyclic) bond motifs is 2. The molecule has 0 saturated carbocycles. The zero-order valence-electron chi connectivity index (χ0n) is 27.8. The minimum absolute atomic E-state index is 0.0404. The Balaban J connectivity index is 0.000000211. The van der Waals surface area contributed by atoms with E-state index in [-0.39, 0.29) is 62.8 Å². The summed E-state index contributed by atoms with van der Waals surface area (Å²) in [5.41, 5.74) is -0.994. The van der Waals surface area contributed by atoms with Crippen LogP contribution in [0.2, 0.25) is 0 Å². The van der Waals surface area contributed by atoms with Crippen LogP contribution in [0.25, 0.3) is 6.08 Å². The lowest BCUT2D eigenvalue weighted by molar-refractivity contribution is -0.275. The van der Waals surface area contributed by atoms with Gasteiger partial charge in [-0.25, -0.2) is 18.4 Å². The molecule has 4 aromatic rings. The van der Waals surface area contributed by atoms with E-state index >= 15 is 0 Å². The molecule has 0 heterocycles. The fourth-order valence-corrected chi connectivity index (χ4v) is 6.02. The van der Waals surface area contributed by atoms with Crippen molar-refractivity contribution in [3.05, 3.63) is 112 Å². The van der Waals surface area contributed by atoms with Gasteiger partial charge in [0.25, 0.3) is 11.8 Å². The summed E-state index contributed by atoms with van der Waals surface area (Å²) in [6, 6.07) is 13.5. The number of hydrogen-bond donors (Lipinski definition) is 0. The summed E-state index contributed by atoms with van der Waals surface area (Å²) in [5.74, 6) is -9.03. The number of methoxy groups -OCH3 is 2. The molecule has 2 aliphatic rings. The van der Waals surface area contributed by atoms with Gasteiger partial charge in [0.2, 0.25) is 0 Å². The first-order valence-electron chi connectivity index (χ1n) is 15.3. The molecule has 55 heavy (non-hydrogen) atoms.